The number of hydrogen-bond acceptors (Lipinski definition) is 5. The normalized spacial score (nSPS) is 15.1. The van der Waals surface area contributed by atoms with Crippen molar-refractivity contribution in [1.82, 2.24) is 16.3 Å². The minimum Gasteiger partial charge on any atom is -0.455 e. The number of hydrogen-bond donors (Lipinski definition) is 3. The SMILES string of the molecule is Cc1c(C(=O)NNC(C)(C)C)oc2c1/C(=N/NC(=O)c1ccccc1Cl)CCC2. The first kappa shape index (κ1) is 21.1. The molecule has 1 aromatic carbocycles. The number of nitrogens with one attached hydrogen (secondary N) is 3. The van der Waals surface area contributed by atoms with E-state index in [1.54, 1.807) is 24.3 Å². The summed E-state index contributed by atoms with van der Waals surface area (Å²) in [7, 11) is 0. The molecule has 0 bridgehead atoms. The van der Waals surface area contributed by atoms with Crippen LogP contribution in [0, 0.1) is 6.92 Å². The smallest absolute Gasteiger partial charge is 0.301 e. The highest BCUT2D eigenvalue weighted by atomic mass is 35.5. The van der Waals surface area contributed by atoms with Gasteiger partial charge in [0.25, 0.3) is 5.91 Å². The van der Waals surface area contributed by atoms with Gasteiger partial charge in [0.05, 0.1) is 16.3 Å². The molecule has 0 spiro atoms. The molecule has 1 aliphatic carbocycles. The Kier molecular flexibility index (Phi) is 6.10. The number of nitrogens with zero attached hydrogens (tertiary/aromatic N) is 1. The number of aryl methyl sites for hydroxylation is 1. The van der Waals surface area contributed by atoms with Crippen LogP contribution in [0.25, 0.3) is 0 Å². The number of amides is 2. The minimum absolute atomic E-state index is 0.249. The van der Waals surface area contributed by atoms with Gasteiger partial charge in [0, 0.05) is 23.1 Å². The first-order valence-electron chi connectivity index (χ1n) is 9.49. The van der Waals surface area contributed by atoms with Crippen LogP contribution in [0.4, 0.5) is 0 Å². The lowest BCUT2D eigenvalue weighted by Crippen LogP contribution is -2.48. The zero-order valence-corrected chi connectivity index (χ0v) is 17.7. The highest BCUT2D eigenvalue weighted by molar-refractivity contribution is 6.33. The molecule has 1 aliphatic rings. The third-order valence-corrected chi connectivity index (χ3v) is 4.82. The fraction of sp³-hybridized carbons (Fsp3) is 0.381. The second-order valence-corrected chi connectivity index (χ2v) is 8.42. The molecule has 0 aliphatic heterocycles. The van der Waals surface area contributed by atoms with E-state index in [0.717, 1.165) is 12.0 Å². The van der Waals surface area contributed by atoms with Gasteiger partial charge in [-0.25, -0.2) is 10.9 Å². The van der Waals surface area contributed by atoms with Crippen molar-refractivity contribution in [1.29, 1.82) is 0 Å². The summed E-state index contributed by atoms with van der Waals surface area (Å²) in [5.74, 6) is 0.231. The van der Waals surface area contributed by atoms with Gasteiger partial charge in [0.15, 0.2) is 5.76 Å². The zero-order chi connectivity index (χ0) is 21.2. The predicted molar refractivity (Wildman–Crippen MR) is 112 cm³/mol. The molecular formula is C21H25ClN4O3. The van der Waals surface area contributed by atoms with Gasteiger partial charge in [-0.3, -0.25) is 15.0 Å². The van der Waals surface area contributed by atoms with Gasteiger partial charge in [0.1, 0.15) is 5.76 Å². The van der Waals surface area contributed by atoms with Crippen molar-refractivity contribution in [2.24, 2.45) is 5.10 Å². The summed E-state index contributed by atoms with van der Waals surface area (Å²) in [4.78, 5) is 24.9. The van der Waals surface area contributed by atoms with E-state index in [-0.39, 0.29) is 23.1 Å². The number of carbonyl (C=O) groups is 2. The molecule has 2 amide bonds. The molecule has 29 heavy (non-hydrogen) atoms. The standard InChI is InChI=1S/C21H25ClN4O3/c1-12-17-15(23-24-19(27)13-8-5-6-9-14(13)22)10-7-11-16(17)29-18(12)20(28)25-26-21(2,3)4/h5-6,8-9,26H,7,10-11H2,1-4H3,(H,24,27)(H,25,28)/b23-15+. The molecule has 2 aromatic rings. The number of furan rings is 1. The number of fused-ring (bicyclic) bond motifs is 1. The quantitative estimate of drug-likeness (QED) is 0.661. The van der Waals surface area contributed by atoms with E-state index in [1.807, 2.05) is 27.7 Å². The first-order chi connectivity index (χ1) is 13.7. The van der Waals surface area contributed by atoms with Crippen molar-refractivity contribution in [3.8, 4) is 0 Å². The average Bonchev–Trinajstić information content (AvgIpc) is 3.01. The number of rotatable bonds is 4. The van der Waals surface area contributed by atoms with E-state index in [2.05, 4.69) is 21.4 Å². The Labute approximate surface area is 174 Å². The molecule has 0 saturated carbocycles. The zero-order valence-electron chi connectivity index (χ0n) is 17.0. The Morgan fingerprint density at radius 3 is 2.55 bits per heavy atom. The van der Waals surface area contributed by atoms with Gasteiger partial charge in [-0.05, 0) is 52.7 Å². The highest BCUT2D eigenvalue weighted by Crippen LogP contribution is 2.30. The number of benzene rings is 1. The minimum atomic E-state index is -0.385. The molecule has 0 radical (unpaired) electrons. The van der Waals surface area contributed by atoms with Crippen molar-refractivity contribution < 1.29 is 14.0 Å². The molecule has 0 unspecified atom stereocenters. The summed E-state index contributed by atoms with van der Waals surface area (Å²) in [6.45, 7) is 7.66. The molecule has 0 atom stereocenters. The average molecular weight is 417 g/mol. The lowest BCUT2D eigenvalue weighted by atomic mass is 9.93. The molecule has 0 saturated heterocycles. The van der Waals surface area contributed by atoms with Crippen LogP contribution in [0.3, 0.4) is 0 Å². The topological polar surface area (TPSA) is 95.7 Å². The molecule has 1 heterocycles. The lowest BCUT2D eigenvalue weighted by Gasteiger charge is -2.20. The summed E-state index contributed by atoms with van der Waals surface area (Å²) in [6.07, 6.45) is 2.22. The highest BCUT2D eigenvalue weighted by Gasteiger charge is 2.28. The first-order valence-corrected chi connectivity index (χ1v) is 9.87. The monoisotopic (exact) mass is 416 g/mol. The number of halogens is 1. The van der Waals surface area contributed by atoms with Crippen LogP contribution in [0.2, 0.25) is 5.02 Å². The Morgan fingerprint density at radius 1 is 1.14 bits per heavy atom. The maximum absolute atomic E-state index is 12.5. The van der Waals surface area contributed by atoms with Crippen molar-refractivity contribution in [3.05, 3.63) is 57.5 Å². The molecular weight excluding hydrogens is 392 g/mol. The summed E-state index contributed by atoms with van der Waals surface area (Å²) >= 11 is 6.07. The van der Waals surface area contributed by atoms with E-state index in [9.17, 15) is 9.59 Å². The summed E-state index contributed by atoms with van der Waals surface area (Å²) in [5, 5.41) is 4.67. The molecule has 3 rings (SSSR count). The maximum Gasteiger partial charge on any atom is 0.301 e. The third kappa shape index (κ3) is 4.86. The number of hydrazine groups is 1. The van der Waals surface area contributed by atoms with Gasteiger partial charge >= 0.3 is 5.91 Å². The lowest BCUT2D eigenvalue weighted by molar-refractivity contribution is 0.0882. The summed E-state index contributed by atoms with van der Waals surface area (Å²) < 4.78 is 5.84. The van der Waals surface area contributed by atoms with Crippen LogP contribution in [-0.2, 0) is 6.42 Å². The van der Waals surface area contributed by atoms with Crippen molar-refractivity contribution in [2.75, 3.05) is 0 Å². The van der Waals surface area contributed by atoms with Gasteiger partial charge in [-0.1, -0.05) is 23.7 Å². The van der Waals surface area contributed by atoms with Crippen molar-refractivity contribution in [2.45, 2.75) is 52.5 Å². The van der Waals surface area contributed by atoms with Crippen LogP contribution < -0.4 is 16.3 Å². The third-order valence-electron chi connectivity index (χ3n) is 4.49. The second-order valence-electron chi connectivity index (χ2n) is 8.02. The maximum atomic E-state index is 12.5. The van der Waals surface area contributed by atoms with Gasteiger partial charge < -0.3 is 4.42 Å². The molecule has 8 heteroatoms. The Balaban J connectivity index is 1.82. The molecule has 154 valence electrons. The van der Waals surface area contributed by atoms with E-state index >= 15 is 0 Å². The molecule has 3 N–H and O–H groups in total. The number of carbonyl (C=O) groups excluding carboxylic acids is 2. The second kappa shape index (κ2) is 8.39. The largest absolute Gasteiger partial charge is 0.455 e. The van der Waals surface area contributed by atoms with Crippen LogP contribution in [0.5, 0.6) is 0 Å². The van der Waals surface area contributed by atoms with Crippen LogP contribution in [0.1, 0.15) is 71.4 Å². The fourth-order valence-corrected chi connectivity index (χ4v) is 3.34. The fourth-order valence-electron chi connectivity index (χ4n) is 3.12. The summed E-state index contributed by atoms with van der Waals surface area (Å²) in [5.41, 5.74) is 10.5. The Hall–Kier alpha value is -2.64. The summed E-state index contributed by atoms with van der Waals surface area (Å²) in [6, 6.07) is 6.79. The van der Waals surface area contributed by atoms with Crippen LogP contribution >= 0.6 is 11.6 Å². The molecule has 7 nitrogen and oxygen atoms in total. The van der Waals surface area contributed by atoms with Gasteiger partial charge in [-0.2, -0.15) is 5.10 Å². The van der Waals surface area contributed by atoms with E-state index < -0.39 is 0 Å². The van der Waals surface area contributed by atoms with Gasteiger partial charge in [0.2, 0.25) is 0 Å². The van der Waals surface area contributed by atoms with Gasteiger partial charge in [-0.15, -0.1) is 0 Å². The van der Waals surface area contributed by atoms with E-state index in [4.69, 9.17) is 16.0 Å². The Morgan fingerprint density at radius 2 is 1.86 bits per heavy atom. The van der Waals surface area contributed by atoms with Crippen LogP contribution in [-0.4, -0.2) is 23.1 Å². The number of hydrazone groups is 1. The van der Waals surface area contributed by atoms with E-state index in [1.165, 1.54) is 0 Å². The Bertz CT molecular complexity index is 973. The van der Waals surface area contributed by atoms with E-state index in [0.29, 0.717) is 40.5 Å². The van der Waals surface area contributed by atoms with Crippen molar-refractivity contribution >= 4 is 29.1 Å². The predicted octanol–water partition coefficient (Wildman–Crippen LogP) is 3.74. The molecule has 1 aromatic heterocycles. The van der Waals surface area contributed by atoms with Crippen molar-refractivity contribution in [3.63, 3.8) is 0 Å². The van der Waals surface area contributed by atoms with Crippen LogP contribution in [0.15, 0.2) is 33.8 Å². The molecule has 0 fully saturated rings.